The van der Waals surface area contributed by atoms with E-state index >= 15 is 0 Å². The Kier molecular flexibility index (Phi) is 12.7. The summed E-state index contributed by atoms with van der Waals surface area (Å²) in [6.07, 6.45) is 2.34. The molecule has 176 valence electrons. The molecule has 1 aromatic rings. The van der Waals surface area contributed by atoms with E-state index in [1.807, 2.05) is 6.92 Å². The number of rotatable bonds is 14. The first kappa shape index (κ1) is 27.3. The lowest BCUT2D eigenvalue weighted by Crippen LogP contribution is -2.29. The molecular weight excluding hydrogens is 499 g/mol. The summed E-state index contributed by atoms with van der Waals surface area (Å²) in [6.45, 7) is 5.85. The van der Waals surface area contributed by atoms with Gasteiger partial charge in [0.25, 0.3) is 5.56 Å². The molecule has 0 aliphatic carbocycles. The summed E-state index contributed by atoms with van der Waals surface area (Å²) < 4.78 is 39.7. The van der Waals surface area contributed by atoms with Gasteiger partial charge in [-0.25, -0.2) is 9.59 Å². The van der Waals surface area contributed by atoms with Crippen LogP contribution in [-0.2, 0) is 34.4 Å². The number of ether oxygens (including phenoxy) is 3. The highest BCUT2D eigenvalue weighted by atomic mass is 79.9. The second-order valence-corrected chi connectivity index (χ2v) is 9.08. The second-order valence-electron chi connectivity index (χ2n) is 6.33. The van der Waals surface area contributed by atoms with Gasteiger partial charge in [0.05, 0.1) is 17.2 Å². The Morgan fingerprint density at radius 1 is 1.29 bits per heavy atom. The molecule has 0 aromatic carbocycles. The molecule has 0 amide bonds. The minimum Gasteiger partial charge on any atom is -0.432 e. The number of nitrogens with zero attached hydrogens (tertiary/aromatic N) is 1. The van der Waals surface area contributed by atoms with Crippen LogP contribution in [0.3, 0.4) is 0 Å². The molecule has 31 heavy (non-hydrogen) atoms. The van der Waals surface area contributed by atoms with Crippen LogP contribution >= 0.6 is 23.5 Å². The Morgan fingerprint density at radius 2 is 2.03 bits per heavy atom. The van der Waals surface area contributed by atoms with Crippen molar-refractivity contribution in [3.05, 3.63) is 43.4 Å². The van der Waals surface area contributed by atoms with Gasteiger partial charge in [0.15, 0.2) is 0 Å². The molecule has 0 bridgehead atoms. The summed E-state index contributed by atoms with van der Waals surface area (Å²) >= 11 is 3.05. The van der Waals surface area contributed by atoms with E-state index in [-0.39, 0.29) is 23.7 Å². The molecule has 0 aliphatic heterocycles. The van der Waals surface area contributed by atoms with Crippen molar-refractivity contribution in [1.82, 2.24) is 9.55 Å². The summed E-state index contributed by atoms with van der Waals surface area (Å²) in [7, 11) is -3.73. The topological polar surface area (TPSA) is 135 Å². The number of halogens is 1. The fraction of sp³-hybridized carbons (Fsp3) is 0.611. The molecule has 0 spiro atoms. The quantitative estimate of drug-likeness (QED) is 0.167. The first-order valence-electron chi connectivity index (χ1n) is 9.63. The lowest BCUT2D eigenvalue weighted by atomic mass is 10.4. The summed E-state index contributed by atoms with van der Waals surface area (Å²) in [6, 6.07) is 0. The number of H-pyrrole nitrogens is 1. The van der Waals surface area contributed by atoms with Crippen molar-refractivity contribution in [1.29, 1.82) is 0 Å². The Labute approximate surface area is 188 Å². The van der Waals surface area contributed by atoms with Crippen LogP contribution in [0, 0.1) is 0 Å². The van der Waals surface area contributed by atoms with E-state index in [9.17, 15) is 18.9 Å². The standard InChI is InChI=1S/C18H28BrN2O9P/c1-4-26-9-7-10-28-31(25,29-13-27-18(24)30-14(2)3)11-6-5-8-21-12-15(19)16(22)20-17(21)23/h6,11-12,14H,4-5,7-10,13H2,1-3H3,(H,20,22,23)/b11-6+. The Morgan fingerprint density at radius 3 is 2.71 bits per heavy atom. The Bertz CT molecular complexity index is 882. The maximum absolute atomic E-state index is 12.9. The molecule has 0 aliphatic rings. The molecule has 0 saturated carbocycles. The fourth-order valence-electron chi connectivity index (χ4n) is 2.06. The van der Waals surface area contributed by atoms with Crippen molar-refractivity contribution in [2.75, 3.05) is 26.6 Å². The number of nitrogens with one attached hydrogen (secondary N) is 1. The van der Waals surface area contributed by atoms with Crippen LogP contribution in [0.5, 0.6) is 0 Å². The van der Waals surface area contributed by atoms with E-state index in [2.05, 4.69) is 20.9 Å². The molecule has 1 N–H and O–H groups in total. The van der Waals surface area contributed by atoms with E-state index in [0.717, 1.165) is 0 Å². The zero-order valence-corrected chi connectivity index (χ0v) is 20.2. The SMILES string of the molecule is CCOCCCOP(=O)(/C=C/CCn1cc(Br)c(=O)[nH]c1=O)OCOC(=O)OC(C)C. The minimum absolute atomic E-state index is 0.102. The third-order valence-electron chi connectivity index (χ3n) is 3.44. The van der Waals surface area contributed by atoms with Crippen LogP contribution < -0.4 is 11.2 Å². The van der Waals surface area contributed by atoms with Gasteiger partial charge in [-0.2, -0.15) is 0 Å². The lowest BCUT2D eigenvalue weighted by molar-refractivity contribution is -0.0122. The van der Waals surface area contributed by atoms with Crippen LogP contribution in [0.2, 0.25) is 0 Å². The van der Waals surface area contributed by atoms with Crippen molar-refractivity contribution in [3.8, 4) is 0 Å². The normalized spacial score (nSPS) is 13.5. The molecule has 0 radical (unpaired) electrons. The second kappa shape index (κ2) is 14.4. The number of aromatic nitrogens is 2. The highest BCUT2D eigenvalue weighted by molar-refractivity contribution is 9.10. The number of aromatic amines is 1. The van der Waals surface area contributed by atoms with E-state index in [0.29, 0.717) is 26.1 Å². The number of hydrogen-bond donors (Lipinski definition) is 1. The third-order valence-corrected chi connectivity index (χ3v) is 5.59. The lowest BCUT2D eigenvalue weighted by Gasteiger charge is -2.16. The summed E-state index contributed by atoms with van der Waals surface area (Å²) in [5.41, 5.74) is -1.09. The molecular formula is C18H28BrN2O9P. The number of allylic oxidation sites excluding steroid dienone is 1. The fourth-order valence-corrected chi connectivity index (χ4v) is 3.64. The first-order valence-corrected chi connectivity index (χ1v) is 12.0. The van der Waals surface area contributed by atoms with Gasteiger partial charge < -0.3 is 18.7 Å². The van der Waals surface area contributed by atoms with Gasteiger partial charge in [-0.05, 0) is 49.5 Å². The van der Waals surface area contributed by atoms with Crippen LogP contribution in [0.15, 0.2) is 32.2 Å². The van der Waals surface area contributed by atoms with Crippen LogP contribution in [-0.4, -0.2) is 48.4 Å². The summed E-state index contributed by atoms with van der Waals surface area (Å²) in [5.74, 6) is 1.23. The van der Waals surface area contributed by atoms with Gasteiger partial charge in [0.1, 0.15) is 0 Å². The average molecular weight is 527 g/mol. The zero-order chi connectivity index (χ0) is 23.3. The molecule has 1 rings (SSSR count). The van der Waals surface area contributed by atoms with Gasteiger partial charge in [-0.15, -0.1) is 0 Å². The molecule has 1 heterocycles. The van der Waals surface area contributed by atoms with E-state index in [1.165, 1.54) is 22.7 Å². The van der Waals surface area contributed by atoms with Gasteiger partial charge in [-0.1, -0.05) is 6.08 Å². The predicted octanol–water partition coefficient (Wildman–Crippen LogP) is 3.37. The van der Waals surface area contributed by atoms with Gasteiger partial charge in [0.2, 0.25) is 6.79 Å². The smallest absolute Gasteiger partial charge is 0.432 e. The zero-order valence-electron chi connectivity index (χ0n) is 17.7. The average Bonchev–Trinajstić information content (AvgIpc) is 2.68. The van der Waals surface area contributed by atoms with E-state index < -0.39 is 31.8 Å². The molecule has 13 heteroatoms. The van der Waals surface area contributed by atoms with Crippen molar-refractivity contribution in [2.45, 2.75) is 46.3 Å². The maximum atomic E-state index is 12.9. The van der Waals surface area contributed by atoms with Crippen molar-refractivity contribution in [3.63, 3.8) is 0 Å². The molecule has 1 atom stereocenters. The molecule has 1 aromatic heterocycles. The molecule has 1 unspecified atom stereocenters. The Balaban J connectivity index is 2.67. The third kappa shape index (κ3) is 11.5. The number of carbonyl (C=O) groups excluding carboxylic acids is 1. The number of hydrogen-bond acceptors (Lipinski definition) is 9. The number of carbonyl (C=O) groups is 1. The molecule has 11 nitrogen and oxygen atoms in total. The highest BCUT2D eigenvalue weighted by Crippen LogP contribution is 2.50. The molecule has 0 fully saturated rings. The van der Waals surface area contributed by atoms with Crippen molar-refractivity contribution in [2.24, 2.45) is 0 Å². The van der Waals surface area contributed by atoms with E-state index in [4.69, 9.17) is 23.3 Å². The van der Waals surface area contributed by atoms with Gasteiger partial charge in [0, 0.05) is 31.8 Å². The Hall–Kier alpha value is -1.72. The monoisotopic (exact) mass is 526 g/mol. The summed E-state index contributed by atoms with van der Waals surface area (Å²) in [4.78, 5) is 36.7. The van der Waals surface area contributed by atoms with Gasteiger partial charge >= 0.3 is 19.4 Å². The predicted molar refractivity (Wildman–Crippen MR) is 116 cm³/mol. The van der Waals surface area contributed by atoms with Gasteiger partial charge in [-0.3, -0.25) is 23.4 Å². The summed E-state index contributed by atoms with van der Waals surface area (Å²) in [5, 5.41) is 0. The molecule has 0 saturated heterocycles. The van der Waals surface area contributed by atoms with E-state index in [1.54, 1.807) is 13.8 Å². The van der Waals surface area contributed by atoms with Crippen LogP contribution in [0.25, 0.3) is 0 Å². The largest absolute Gasteiger partial charge is 0.510 e. The van der Waals surface area contributed by atoms with Crippen LogP contribution in [0.4, 0.5) is 4.79 Å². The van der Waals surface area contributed by atoms with Crippen molar-refractivity contribution < 1.29 is 32.6 Å². The number of aryl methyl sites for hydroxylation is 1. The van der Waals surface area contributed by atoms with Crippen molar-refractivity contribution >= 4 is 29.7 Å². The first-order chi connectivity index (χ1) is 14.7. The minimum atomic E-state index is -3.73. The maximum Gasteiger partial charge on any atom is 0.510 e. The highest BCUT2D eigenvalue weighted by Gasteiger charge is 2.22. The van der Waals surface area contributed by atoms with Crippen LogP contribution in [0.1, 0.15) is 33.6 Å².